The number of carbonyl (C=O) groups excluding carboxylic acids is 3. The number of primary amides is 2. The Bertz CT molecular complexity index is 1110. The highest BCUT2D eigenvalue weighted by Crippen LogP contribution is 2.25. The molecule has 5 N–H and O–H groups in total. The van der Waals surface area contributed by atoms with Crippen LogP contribution in [0.25, 0.3) is 11.3 Å². The number of carbonyl (C=O) groups is 3. The van der Waals surface area contributed by atoms with Crippen LogP contribution >= 0.6 is 0 Å². The van der Waals surface area contributed by atoms with Crippen LogP contribution in [0.1, 0.15) is 28.9 Å². The average molecular weight is 432 g/mol. The summed E-state index contributed by atoms with van der Waals surface area (Å²) in [7, 11) is 0. The van der Waals surface area contributed by atoms with Crippen molar-refractivity contribution in [1.29, 1.82) is 0 Å². The quantitative estimate of drug-likeness (QED) is 0.477. The molecule has 0 saturated carbocycles. The highest BCUT2D eigenvalue weighted by atomic mass is 16.5. The van der Waals surface area contributed by atoms with E-state index in [1.165, 1.54) is 6.07 Å². The van der Waals surface area contributed by atoms with Crippen LogP contribution in [0.2, 0.25) is 0 Å². The van der Waals surface area contributed by atoms with Gasteiger partial charge in [-0.2, -0.15) is 0 Å². The Morgan fingerprint density at radius 2 is 1.56 bits per heavy atom. The van der Waals surface area contributed by atoms with Gasteiger partial charge in [0.25, 0.3) is 5.91 Å². The second-order valence-electron chi connectivity index (χ2n) is 7.28. The number of rotatable bonds is 9. The largest absolute Gasteiger partial charge is 0.457 e. The van der Waals surface area contributed by atoms with Crippen molar-refractivity contribution in [2.75, 3.05) is 0 Å². The highest BCUT2D eigenvalue weighted by molar-refractivity contribution is 5.96. The molecule has 1 aromatic heterocycles. The second kappa shape index (κ2) is 10.2. The standard InChI is InChI=1S/C24H24N4O4/c1-15-5-9-17(10-6-15)32-18-11-7-16(8-12-18)19-3-2-4-21(27-19)24(31)28-20(23(26)30)13-14-22(25)29/h2-12,20H,13-14H2,1H3,(H2,25,29)(H2,26,30)(H,28,31)/t20-/m0/s1. The van der Waals surface area contributed by atoms with Crippen LogP contribution in [0.4, 0.5) is 0 Å². The Morgan fingerprint density at radius 1 is 0.938 bits per heavy atom. The summed E-state index contributed by atoms with van der Waals surface area (Å²) in [5.41, 5.74) is 13.0. The zero-order valence-corrected chi connectivity index (χ0v) is 17.6. The van der Waals surface area contributed by atoms with E-state index in [0.717, 1.165) is 16.9 Å². The Kier molecular flexibility index (Phi) is 7.17. The van der Waals surface area contributed by atoms with Crippen molar-refractivity contribution in [2.24, 2.45) is 11.5 Å². The molecule has 1 heterocycles. The lowest BCUT2D eigenvalue weighted by atomic mass is 10.1. The maximum absolute atomic E-state index is 12.6. The number of pyridine rings is 1. The third-order valence-corrected chi connectivity index (χ3v) is 4.72. The van der Waals surface area contributed by atoms with Gasteiger partial charge in [-0.1, -0.05) is 23.8 Å². The van der Waals surface area contributed by atoms with Crippen LogP contribution in [-0.4, -0.2) is 28.7 Å². The monoisotopic (exact) mass is 432 g/mol. The van der Waals surface area contributed by atoms with Gasteiger partial charge in [0.2, 0.25) is 11.8 Å². The smallest absolute Gasteiger partial charge is 0.270 e. The molecule has 0 bridgehead atoms. The van der Waals surface area contributed by atoms with Gasteiger partial charge in [0, 0.05) is 12.0 Å². The Morgan fingerprint density at radius 3 is 2.16 bits per heavy atom. The lowest BCUT2D eigenvalue weighted by Gasteiger charge is -2.14. The molecule has 8 heteroatoms. The predicted octanol–water partition coefficient (Wildman–Crippen LogP) is 2.70. The van der Waals surface area contributed by atoms with Gasteiger partial charge in [-0.05, 0) is 61.9 Å². The van der Waals surface area contributed by atoms with Crippen molar-refractivity contribution in [1.82, 2.24) is 10.3 Å². The second-order valence-corrected chi connectivity index (χ2v) is 7.28. The molecule has 0 unspecified atom stereocenters. The minimum absolute atomic E-state index is 0.0263. The molecule has 8 nitrogen and oxygen atoms in total. The summed E-state index contributed by atoms with van der Waals surface area (Å²) in [5.74, 6) is -0.495. The minimum Gasteiger partial charge on any atom is -0.457 e. The van der Waals surface area contributed by atoms with Gasteiger partial charge < -0.3 is 21.5 Å². The molecule has 3 rings (SSSR count). The van der Waals surface area contributed by atoms with E-state index in [4.69, 9.17) is 16.2 Å². The predicted molar refractivity (Wildman–Crippen MR) is 120 cm³/mol. The average Bonchev–Trinajstić information content (AvgIpc) is 2.78. The number of hydrogen-bond donors (Lipinski definition) is 3. The van der Waals surface area contributed by atoms with Crippen molar-refractivity contribution < 1.29 is 19.1 Å². The molecule has 0 aliphatic heterocycles. The van der Waals surface area contributed by atoms with Crippen molar-refractivity contribution in [2.45, 2.75) is 25.8 Å². The highest BCUT2D eigenvalue weighted by Gasteiger charge is 2.20. The Balaban J connectivity index is 1.70. The fourth-order valence-electron chi connectivity index (χ4n) is 2.96. The van der Waals surface area contributed by atoms with Gasteiger partial charge in [0.1, 0.15) is 23.2 Å². The first-order valence-corrected chi connectivity index (χ1v) is 10.0. The first-order valence-electron chi connectivity index (χ1n) is 10.0. The molecule has 0 spiro atoms. The lowest BCUT2D eigenvalue weighted by Crippen LogP contribution is -2.45. The number of amides is 3. The molecular formula is C24H24N4O4. The van der Waals surface area contributed by atoms with Gasteiger partial charge in [-0.25, -0.2) is 4.98 Å². The fourth-order valence-corrected chi connectivity index (χ4v) is 2.96. The first kappa shape index (κ1) is 22.5. The van der Waals surface area contributed by atoms with E-state index in [1.807, 2.05) is 55.5 Å². The molecule has 1 atom stereocenters. The molecule has 3 amide bonds. The number of aromatic nitrogens is 1. The number of nitrogens with zero attached hydrogens (tertiary/aromatic N) is 1. The number of nitrogens with one attached hydrogen (secondary N) is 1. The number of nitrogens with two attached hydrogens (primary N) is 2. The SMILES string of the molecule is Cc1ccc(Oc2ccc(-c3cccc(C(=O)N[C@@H](CCC(N)=O)C(N)=O)n3)cc2)cc1. The molecule has 0 aliphatic carbocycles. The zero-order chi connectivity index (χ0) is 23.1. The van der Waals surface area contributed by atoms with E-state index in [9.17, 15) is 14.4 Å². The molecule has 0 saturated heterocycles. The topological polar surface area (TPSA) is 137 Å². The van der Waals surface area contributed by atoms with E-state index in [2.05, 4.69) is 10.3 Å². The molecule has 3 aromatic rings. The van der Waals surface area contributed by atoms with Gasteiger partial charge >= 0.3 is 0 Å². The summed E-state index contributed by atoms with van der Waals surface area (Å²) in [6, 6.07) is 19.0. The zero-order valence-electron chi connectivity index (χ0n) is 17.6. The molecule has 2 aromatic carbocycles. The Labute approximate surface area is 185 Å². The maximum atomic E-state index is 12.6. The van der Waals surface area contributed by atoms with E-state index in [0.29, 0.717) is 11.4 Å². The van der Waals surface area contributed by atoms with Crippen LogP contribution in [0.15, 0.2) is 66.7 Å². The van der Waals surface area contributed by atoms with Gasteiger partial charge in [-0.15, -0.1) is 0 Å². The molecule has 0 radical (unpaired) electrons. The lowest BCUT2D eigenvalue weighted by molar-refractivity contribution is -0.120. The molecule has 0 fully saturated rings. The number of benzene rings is 2. The van der Waals surface area contributed by atoms with Crippen LogP contribution < -0.4 is 21.5 Å². The fraction of sp³-hybridized carbons (Fsp3) is 0.167. The summed E-state index contributed by atoms with van der Waals surface area (Å²) >= 11 is 0. The molecule has 164 valence electrons. The van der Waals surface area contributed by atoms with Crippen LogP contribution in [0, 0.1) is 6.92 Å². The number of ether oxygens (including phenoxy) is 1. The van der Waals surface area contributed by atoms with Crippen LogP contribution in [-0.2, 0) is 9.59 Å². The Hall–Kier alpha value is -4.20. The van der Waals surface area contributed by atoms with Crippen molar-refractivity contribution in [3.8, 4) is 22.8 Å². The summed E-state index contributed by atoms with van der Waals surface area (Å²) in [6.07, 6.45) is -0.0447. The van der Waals surface area contributed by atoms with Gasteiger partial charge in [-0.3, -0.25) is 14.4 Å². The van der Waals surface area contributed by atoms with E-state index in [-0.39, 0.29) is 18.5 Å². The van der Waals surface area contributed by atoms with Crippen molar-refractivity contribution in [3.05, 3.63) is 78.0 Å². The molecular weight excluding hydrogens is 408 g/mol. The van der Waals surface area contributed by atoms with E-state index in [1.54, 1.807) is 12.1 Å². The van der Waals surface area contributed by atoms with Crippen LogP contribution in [0.3, 0.4) is 0 Å². The van der Waals surface area contributed by atoms with Crippen molar-refractivity contribution >= 4 is 17.7 Å². The maximum Gasteiger partial charge on any atom is 0.270 e. The number of aryl methyl sites for hydroxylation is 1. The van der Waals surface area contributed by atoms with Gasteiger partial charge in [0.05, 0.1) is 5.69 Å². The normalized spacial score (nSPS) is 11.4. The van der Waals surface area contributed by atoms with Gasteiger partial charge in [0.15, 0.2) is 0 Å². The summed E-state index contributed by atoms with van der Waals surface area (Å²) in [5, 5.41) is 2.50. The van der Waals surface area contributed by atoms with Crippen molar-refractivity contribution in [3.63, 3.8) is 0 Å². The summed E-state index contributed by atoms with van der Waals surface area (Å²) in [4.78, 5) is 39.5. The molecule has 0 aliphatic rings. The van der Waals surface area contributed by atoms with E-state index < -0.39 is 23.8 Å². The number of hydrogen-bond acceptors (Lipinski definition) is 5. The first-order chi connectivity index (χ1) is 15.3. The molecule has 32 heavy (non-hydrogen) atoms. The third kappa shape index (κ3) is 6.15. The van der Waals surface area contributed by atoms with Crippen LogP contribution in [0.5, 0.6) is 11.5 Å². The van der Waals surface area contributed by atoms with E-state index >= 15 is 0 Å². The third-order valence-electron chi connectivity index (χ3n) is 4.72. The summed E-state index contributed by atoms with van der Waals surface area (Å²) < 4.78 is 5.83. The minimum atomic E-state index is -1.02. The summed E-state index contributed by atoms with van der Waals surface area (Å²) in [6.45, 7) is 2.01.